The summed E-state index contributed by atoms with van der Waals surface area (Å²) in [5.74, 6) is -4.48. The number of carbonyl (C=O) groups excluding carboxylic acids is 3. The van der Waals surface area contributed by atoms with Crippen molar-refractivity contribution in [1.82, 2.24) is 30.1 Å². The van der Waals surface area contributed by atoms with E-state index in [1.165, 1.54) is 5.56 Å². The molecule has 3 aromatic heterocycles. The molecular formula is C70H68Cl4N6O15. The number of hydrogen-bond donors (Lipinski definition) is 6. The van der Waals surface area contributed by atoms with E-state index in [0.717, 1.165) is 57.5 Å². The number of nitrogens with zero attached hydrogens (tertiary/aromatic N) is 5. The van der Waals surface area contributed by atoms with Gasteiger partial charge >= 0.3 is 36.2 Å². The third kappa shape index (κ3) is 16.0. The van der Waals surface area contributed by atoms with Gasteiger partial charge in [-0.1, -0.05) is 115 Å². The van der Waals surface area contributed by atoms with Crippen LogP contribution in [0.3, 0.4) is 0 Å². The molecule has 0 fully saturated rings. The number of rotatable bonds is 13. The highest BCUT2D eigenvalue weighted by Crippen LogP contribution is 2.39. The summed E-state index contributed by atoms with van der Waals surface area (Å²) in [4.78, 5) is 90.5. The van der Waals surface area contributed by atoms with E-state index in [-0.39, 0.29) is 111 Å². The minimum atomic E-state index is -1.28. The summed E-state index contributed by atoms with van der Waals surface area (Å²) >= 11 is 17.9. The van der Waals surface area contributed by atoms with Crippen molar-refractivity contribution in [3.63, 3.8) is 0 Å². The first kappa shape index (κ1) is 71.3. The van der Waals surface area contributed by atoms with Crippen LogP contribution in [0, 0.1) is 0 Å². The molecule has 6 N–H and O–H groups in total. The molecular weight excluding hydrogens is 1310 g/mol. The molecule has 2 amide bonds. The van der Waals surface area contributed by atoms with Crippen LogP contribution in [0.1, 0.15) is 126 Å². The van der Waals surface area contributed by atoms with Gasteiger partial charge in [-0.2, -0.15) is 0 Å². The second-order valence-electron chi connectivity index (χ2n) is 21.9. The zero-order valence-corrected chi connectivity index (χ0v) is 54.2. The quantitative estimate of drug-likeness (QED) is 0.0462. The summed E-state index contributed by atoms with van der Waals surface area (Å²) in [6.07, 6.45) is 0.927. The van der Waals surface area contributed by atoms with Crippen LogP contribution in [0.5, 0.6) is 17.2 Å². The summed E-state index contributed by atoms with van der Waals surface area (Å²) in [6, 6.07) is 31.9. The molecule has 25 heteroatoms. The summed E-state index contributed by atoms with van der Waals surface area (Å²) < 4.78 is 20.6. The molecule has 0 atom stereocenters. The minimum absolute atomic E-state index is 0. The molecule has 3 aliphatic rings. The number of carboxylic acid groups (broad SMARTS) is 3. The van der Waals surface area contributed by atoms with Gasteiger partial charge < -0.3 is 59.6 Å². The van der Waals surface area contributed by atoms with Crippen LogP contribution in [-0.2, 0) is 72.4 Å². The topological polar surface area (TPSA) is 298 Å². The molecule has 0 bridgehead atoms. The van der Waals surface area contributed by atoms with Crippen molar-refractivity contribution in [3.8, 4) is 17.2 Å². The zero-order chi connectivity index (χ0) is 66.2. The number of aromatic carboxylic acids is 3. The number of pyridine rings is 3. The van der Waals surface area contributed by atoms with E-state index in [1.54, 1.807) is 109 Å². The van der Waals surface area contributed by atoms with Gasteiger partial charge in [0, 0.05) is 81.3 Å². The molecule has 21 nitrogen and oxygen atoms in total. The lowest BCUT2D eigenvalue weighted by molar-refractivity contribution is 0.0680. The molecule has 0 saturated heterocycles. The van der Waals surface area contributed by atoms with Gasteiger partial charge in [0.2, 0.25) is 0 Å². The van der Waals surface area contributed by atoms with Crippen molar-refractivity contribution in [3.05, 3.63) is 208 Å². The van der Waals surface area contributed by atoms with Gasteiger partial charge in [-0.25, -0.2) is 43.7 Å². The second kappa shape index (κ2) is 31.6. The van der Waals surface area contributed by atoms with Crippen molar-refractivity contribution < 1.29 is 73.2 Å². The predicted molar refractivity (Wildman–Crippen MR) is 362 cm³/mol. The van der Waals surface area contributed by atoms with Crippen LogP contribution in [0.25, 0.3) is 32.7 Å². The largest absolute Gasteiger partial charge is 0.513 e. The van der Waals surface area contributed by atoms with Crippen molar-refractivity contribution in [1.29, 1.82) is 0 Å². The average molecular weight is 1380 g/mol. The number of hydrogen-bond acceptors (Lipinski definition) is 16. The molecule has 6 aromatic carbocycles. The first-order valence-electron chi connectivity index (χ1n) is 29.9. The molecule has 6 heterocycles. The van der Waals surface area contributed by atoms with E-state index in [0.29, 0.717) is 92.4 Å². The zero-order valence-electron chi connectivity index (χ0n) is 51.1. The molecule has 3 aliphatic heterocycles. The van der Waals surface area contributed by atoms with Crippen LogP contribution in [0.4, 0.5) is 14.4 Å². The van der Waals surface area contributed by atoms with Crippen molar-refractivity contribution in [2.24, 2.45) is 0 Å². The molecule has 0 saturated carbocycles. The van der Waals surface area contributed by atoms with Crippen LogP contribution < -0.4 is 10.1 Å². The van der Waals surface area contributed by atoms with E-state index in [1.807, 2.05) is 30.3 Å². The molecule has 95 heavy (non-hydrogen) atoms. The smallest absolute Gasteiger partial charge is 0.505 e. The number of aromatic nitrogens is 3. The van der Waals surface area contributed by atoms with Crippen molar-refractivity contribution in [2.45, 2.75) is 86.4 Å². The van der Waals surface area contributed by atoms with E-state index in [9.17, 15) is 54.3 Å². The Bertz CT molecular complexity index is 4410. The van der Waals surface area contributed by atoms with Gasteiger partial charge in [-0.3, -0.25) is 0 Å². The minimum Gasteiger partial charge on any atom is -0.505 e. The number of halogens is 4. The number of benzene rings is 6. The number of carboxylic acids is 3. The van der Waals surface area contributed by atoms with Gasteiger partial charge in [-0.05, 0) is 122 Å². The van der Waals surface area contributed by atoms with Gasteiger partial charge in [0.25, 0.3) is 0 Å². The highest BCUT2D eigenvalue weighted by Gasteiger charge is 2.32. The predicted octanol–water partition coefficient (Wildman–Crippen LogP) is 14.2. The molecule has 0 aliphatic carbocycles. The molecule has 0 radical (unpaired) electrons. The molecule has 0 spiro atoms. The Labute approximate surface area is 567 Å². The standard InChI is InChI=1S/C26H25ClN2O7.C23H21ClN2O5.C20H17ClN2O3.CH4.ClH/c1-3-34-25(32)29-12-11-16-7-10-18-21(24(30)31)23(36-26(33)35-4-2)20(28-22(18)19(16)14-29)13-15-5-8-17(27)9-6-15;1-2-31-23(30)26-10-9-14-5-8-16-19(22(28)29)21(27)18(25-20(16)17(14)12-26)11-13-3-6-15(24)7-4-13;21-13-4-1-11(2-5-13)9-16-19(24)17(20(25)26)14-6-3-12-7-8-22-10-15(12)18(14)23-16;;/h5-10H,3-4,11-14H2,1-2H3,(H,30,31);3-8,27H,2,9-12H2,1H3,(H,28,29);1-6,22,24H,7-10H2,(H,25,26);1H4;1H. The number of nitrogens with one attached hydrogen (secondary N) is 1. The third-order valence-corrected chi connectivity index (χ3v) is 16.8. The second-order valence-corrected chi connectivity index (χ2v) is 23.2. The van der Waals surface area contributed by atoms with Crippen LogP contribution in [-0.4, -0.2) is 126 Å². The van der Waals surface area contributed by atoms with Gasteiger partial charge in [0.1, 0.15) is 16.7 Å². The maximum atomic E-state index is 12.5. The number of ether oxygens (including phenoxy) is 4. The Hall–Kier alpha value is -9.51. The molecule has 9 aromatic rings. The Morgan fingerprint density at radius 1 is 0.484 bits per heavy atom. The highest BCUT2D eigenvalue weighted by atomic mass is 35.5. The molecule has 0 unspecified atom stereocenters. The Morgan fingerprint density at radius 3 is 1.23 bits per heavy atom. The fourth-order valence-corrected chi connectivity index (χ4v) is 12.0. The first-order chi connectivity index (χ1) is 44.7. The number of aromatic hydroxyl groups is 2. The normalized spacial score (nSPS) is 12.8. The summed E-state index contributed by atoms with van der Waals surface area (Å²) in [6.45, 7) is 8.70. The van der Waals surface area contributed by atoms with Crippen molar-refractivity contribution >= 4 is 116 Å². The number of carbonyl (C=O) groups is 6. The monoisotopic (exact) mass is 1370 g/mol. The summed E-state index contributed by atoms with van der Waals surface area (Å²) in [7, 11) is 0. The Kier molecular flexibility index (Phi) is 23.7. The van der Waals surface area contributed by atoms with E-state index >= 15 is 0 Å². The van der Waals surface area contributed by atoms with E-state index < -0.39 is 36.2 Å². The molecule has 12 rings (SSSR count). The lowest BCUT2D eigenvalue weighted by atomic mass is 9.93. The van der Waals surface area contributed by atoms with Gasteiger partial charge in [0.15, 0.2) is 17.2 Å². The SMILES string of the molecule is C.CCOC(=O)N1CCc2ccc3c(C(=O)O)c(O)c(Cc4ccc(Cl)cc4)nc3c2C1.CCOC(=O)Oc1c(Cc2ccc(Cl)cc2)nc2c3c(ccc2c1C(=O)O)CCN(C(=O)OCC)C3.Cl.O=C(O)c1c(O)c(Cc2ccc(Cl)cc2)nc2c3c(ccc12)CCNC3. The summed E-state index contributed by atoms with van der Waals surface area (Å²) in [5, 5.41) is 57.2. The van der Waals surface area contributed by atoms with Gasteiger partial charge in [-0.15, -0.1) is 12.4 Å². The lowest BCUT2D eigenvalue weighted by Gasteiger charge is -2.29. The maximum absolute atomic E-state index is 12.5. The first-order valence-corrected chi connectivity index (χ1v) is 31.0. The third-order valence-electron chi connectivity index (χ3n) is 16.1. The Morgan fingerprint density at radius 2 is 0.842 bits per heavy atom. The highest BCUT2D eigenvalue weighted by molar-refractivity contribution is 6.31. The Balaban J connectivity index is 0.000000183. The maximum Gasteiger partial charge on any atom is 0.513 e. The average Bonchev–Trinajstić information content (AvgIpc) is 0.765. The van der Waals surface area contributed by atoms with Crippen LogP contribution in [0.2, 0.25) is 15.1 Å². The summed E-state index contributed by atoms with van der Waals surface area (Å²) in [5.41, 5.74) is 10.1. The van der Waals surface area contributed by atoms with Crippen LogP contribution in [0.15, 0.2) is 109 Å². The fourth-order valence-electron chi connectivity index (χ4n) is 11.6. The van der Waals surface area contributed by atoms with Gasteiger partial charge in [0.05, 0.1) is 66.5 Å². The van der Waals surface area contributed by atoms with Crippen LogP contribution >= 0.6 is 47.2 Å². The fraction of sp³-hybridized carbons (Fsp3) is 0.271. The lowest BCUT2D eigenvalue weighted by Crippen LogP contribution is -2.36. The number of amides is 2. The number of fused-ring (bicyclic) bond motifs is 9. The molecule has 496 valence electrons. The van der Waals surface area contributed by atoms with E-state index in [2.05, 4.69) is 15.3 Å². The van der Waals surface area contributed by atoms with Crippen molar-refractivity contribution in [2.75, 3.05) is 39.5 Å². The van der Waals surface area contributed by atoms with E-state index in [4.69, 9.17) is 58.7 Å².